The Morgan fingerprint density at radius 2 is 2.04 bits per heavy atom. The second-order valence-electron chi connectivity index (χ2n) is 6.11. The van der Waals surface area contributed by atoms with Crippen molar-refractivity contribution in [1.29, 1.82) is 0 Å². The summed E-state index contributed by atoms with van der Waals surface area (Å²) in [5.41, 5.74) is 3.57. The summed E-state index contributed by atoms with van der Waals surface area (Å²) in [5.74, 6) is 1.11. The van der Waals surface area contributed by atoms with Gasteiger partial charge in [0.2, 0.25) is 11.8 Å². The molecule has 4 rings (SSSR count). The van der Waals surface area contributed by atoms with Gasteiger partial charge in [-0.15, -0.1) is 11.8 Å². The number of hydrogen-bond donors (Lipinski definition) is 1. The number of amides is 2. The van der Waals surface area contributed by atoms with Crippen molar-refractivity contribution in [3.63, 3.8) is 0 Å². The predicted octanol–water partition coefficient (Wildman–Crippen LogP) is 3.44. The average molecular weight is 351 g/mol. The number of para-hydroxylation sites is 2. The average Bonchev–Trinajstić information content (AvgIpc) is 3.13. The fraction of sp³-hybridized carbons (Fsp3) is 0.211. The number of imidazole rings is 1. The van der Waals surface area contributed by atoms with Gasteiger partial charge in [-0.3, -0.25) is 9.59 Å². The number of fused-ring (bicyclic) bond motifs is 1. The zero-order valence-corrected chi connectivity index (χ0v) is 14.5. The maximum Gasteiger partial charge on any atom is 0.247 e. The summed E-state index contributed by atoms with van der Waals surface area (Å²) < 4.78 is 0. The number of aromatic amines is 1. The summed E-state index contributed by atoms with van der Waals surface area (Å²) in [7, 11) is 0. The molecular formula is C19H17N3O2S. The Balaban J connectivity index is 1.48. The molecule has 0 spiro atoms. The van der Waals surface area contributed by atoms with Crippen LogP contribution >= 0.6 is 11.8 Å². The van der Waals surface area contributed by atoms with E-state index in [9.17, 15) is 9.59 Å². The van der Waals surface area contributed by atoms with Gasteiger partial charge in [0.1, 0.15) is 5.82 Å². The molecule has 0 aliphatic carbocycles. The van der Waals surface area contributed by atoms with Crippen molar-refractivity contribution in [2.75, 3.05) is 4.90 Å². The summed E-state index contributed by atoms with van der Waals surface area (Å²) in [6.07, 6.45) is 0.234. The topological polar surface area (TPSA) is 66.1 Å². The maximum atomic E-state index is 12.7. The third kappa shape index (κ3) is 3.05. The lowest BCUT2D eigenvalue weighted by Gasteiger charge is -2.15. The van der Waals surface area contributed by atoms with E-state index in [-0.39, 0.29) is 23.5 Å². The molecular weight excluding hydrogens is 334 g/mol. The molecule has 1 atom stereocenters. The number of carbonyl (C=O) groups excluding carboxylic acids is 2. The van der Waals surface area contributed by atoms with E-state index in [1.54, 1.807) is 6.07 Å². The summed E-state index contributed by atoms with van der Waals surface area (Å²) in [6, 6.07) is 15.3. The number of aromatic nitrogens is 2. The molecule has 3 aromatic rings. The van der Waals surface area contributed by atoms with Gasteiger partial charge in [0.05, 0.1) is 27.7 Å². The number of imide groups is 1. The number of thioether (sulfide) groups is 1. The molecule has 126 valence electrons. The summed E-state index contributed by atoms with van der Waals surface area (Å²) in [4.78, 5) is 34.1. The number of anilines is 1. The van der Waals surface area contributed by atoms with Crippen molar-refractivity contribution >= 4 is 40.3 Å². The van der Waals surface area contributed by atoms with Crippen LogP contribution in [0.5, 0.6) is 0 Å². The molecule has 1 aromatic heterocycles. The van der Waals surface area contributed by atoms with E-state index < -0.39 is 0 Å². The molecule has 2 heterocycles. The minimum Gasteiger partial charge on any atom is -0.341 e. The SMILES string of the molecule is Cc1cccc(N2C(=O)CC(SCc3nc4ccccc4[nH]3)C2=O)c1. The standard InChI is InChI=1S/C19H17N3O2S/c1-12-5-4-6-13(9-12)22-18(23)10-16(19(22)24)25-11-17-20-14-7-2-3-8-15(14)21-17/h2-9,16H,10-11H2,1H3,(H,20,21). The van der Waals surface area contributed by atoms with Gasteiger partial charge in [-0.2, -0.15) is 0 Å². The second kappa shape index (κ2) is 6.37. The van der Waals surface area contributed by atoms with E-state index in [2.05, 4.69) is 9.97 Å². The van der Waals surface area contributed by atoms with Gasteiger partial charge in [-0.25, -0.2) is 9.88 Å². The molecule has 25 heavy (non-hydrogen) atoms. The van der Waals surface area contributed by atoms with Crippen LogP contribution in [0.2, 0.25) is 0 Å². The second-order valence-corrected chi connectivity index (χ2v) is 7.30. The van der Waals surface area contributed by atoms with E-state index in [1.807, 2.05) is 49.4 Å². The van der Waals surface area contributed by atoms with Crippen molar-refractivity contribution in [2.24, 2.45) is 0 Å². The van der Waals surface area contributed by atoms with Crippen molar-refractivity contribution in [3.8, 4) is 0 Å². The molecule has 1 N–H and O–H groups in total. The fourth-order valence-corrected chi connectivity index (χ4v) is 4.03. The number of rotatable bonds is 4. The molecule has 1 fully saturated rings. The molecule has 0 bridgehead atoms. The monoisotopic (exact) mass is 351 g/mol. The van der Waals surface area contributed by atoms with Gasteiger partial charge in [-0.1, -0.05) is 24.3 Å². The van der Waals surface area contributed by atoms with Crippen molar-refractivity contribution in [1.82, 2.24) is 9.97 Å². The lowest BCUT2D eigenvalue weighted by molar-refractivity contribution is -0.121. The first-order chi connectivity index (χ1) is 12.1. The zero-order valence-electron chi connectivity index (χ0n) is 13.7. The van der Waals surface area contributed by atoms with E-state index in [1.165, 1.54) is 16.7 Å². The fourth-order valence-electron chi connectivity index (χ4n) is 3.03. The molecule has 1 aliphatic heterocycles. The molecule has 1 unspecified atom stereocenters. The molecule has 2 amide bonds. The third-order valence-corrected chi connectivity index (χ3v) is 5.44. The minimum absolute atomic E-state index is 0.141. The summed E-state index contributed by atoms with van der Waals surface area (Å²) in [6.45, 7) is 1.95. The van der Waals surface area contributed by atoms with Gasteiger partial charge < -0.3 is 4.98 Å². The molecule has 1 aliphatic rings. The zero-order chi connectivity index (χ0) is 17.4. The Hall–Kier alpha value is -2.60. The van der Waals surface area contributed by atoms with Crippen LogP contribution in [0.1, 0.15) is 17.8 Å². The van der Waals surface area contributed by atoms with Gasteiger partial charge in [0.15, 0.2) is 0 Å². The Kier molecular flexibility index (Phi) is 4.05. The van der Waals surface area contributed by atoms with Crippen LogP contribution in [0, 0.1) is 6.92 Å². The number of nitrogens with one attached hydrogen (secondary N) is 1. The first-order valence-corrected chi connectivity index (χ1v) is 9.15. The van der Waals surface area contributed by atoms with Gasteiger partial charge in [0.25, 0.3) is 0 Å². The Morgan fingerprint density at radius 3 is 2.84 bits per heavy atom. The number of benzene rings is 2. The summed E-state index contributed by atoms with van der Waals surface area (Å²) in [5, 5.41) is -0.360. The lowest BCUT2D eigenvalue weighted by atomic mass is 10.2. The molecule has 2 aromatic carbocycles. The number of aryl methyl sites for hydroxylation is 1. The number of H-pyrrole nitrogens is 1. The van der Waals surface area contributed by atoms with E-state index >= 15 is 0 Å². The van der Waals surface area contributed by atoms with Crippen LogP contribution in [0.25, 0.3) is 11.0 Å². The maximum absolute atomic E-state index is 12.7. The van der Waals surface area contributed by atoms with Crippen LogP contribution in [0.15, 0.2) is 48.5 Å². The highest BCUT2D eigenvalue weighted by Gasteiger charge is 2.39. The first kappa shape index (κ1) is 15.9. The number of nitrogens with zero attached hydrogens (tertiary/aromatic N) is 2. The Labute approximate surface area is 149 Å². The Bertz CT molecular complexity index is 933. The summed E-state index contributed by atoms with van der Waals surface area (Å²) >= 11 is 1.46. The van der Waals surface area contributed by atoms with Crippen LogP contribution in [-0.4, -0.2) is 27.0 Å². The smallest absolute Gasteiger partial charge is 0.247 e. The number of carbonyl (C=O) groups is 2. The van der Waals surface area contributed by atoms with Crippen LogP contribution in [-0.2, 0) is 15.3 Å². The van der Waals surface area contributed by atoms with Gasteiger partial charge >= 0.3 is 0 Å². The Morgan fingerprint density at radius 1 is 1.20 bits per heavy atom. The largest absolute Gasteiger partial charge is 0.341 e. The lowest BCUT2D eigenvalue weighted by Crippen LogP contribution is -2.31. The van der Waals surface area contributed by atoms with E-state index in [0.717, 1.165) is 22.4 Å². The van der Waals surface area contributed by atoms with Crippen molar-refractivity contribution < 1.29 is 9.59 Å². The van der Waals surface area contributed by atoms with Crippen molar-refractivity contribution in [2.45, 2.75) is 24.3 Å². The molecule has 5 nitrogen and oxygen atoms in total. The molecule has 0 saturated carbocycles. The number of hydrogen-bond acceptors (Lipinski definition) is 4. The van der Waals surface area contributed by atoms with Crippen molar-refractivity contribution in [3.05, 3.63) is 59.9 Å². The van der Waals surface area contributed by atoms with E-state index in [0.29, 0.717) is 11.4 Å². The molecule has 0 radical (unpaired) electrons. The highest BCUT2D eigenvalue weighted by molar-refractivity contribution is 7.99. The quantitative estimate of drug-likeness (QED) is 0.731. The van der Waals surface area contributed by atoms with Crippen LogP contribution in [0.3, 0.4) is 0 Å². The van der Waals surface area contributed by atoms with Gasteiger partial charge in [0, 0.05) is 6.42 Å². The first-order valence-electron chi connectivity index (χ1n) is 8.10. The predicted molar refractivity (Wildman–Crippen MR) is 99.5 cm³/mol. The van der Waals surface area contributed by atoms with E-state index in [4.69, 9.17) is 0 Å². The normalized spacial score (nSPS) is 17.6. The highest BCUT2D eigenvalue weighted by atomic mass is 32.2. The van der Waals surface area contributed by atoms with Crippen LogP contribution < -0.4 is 4.90 Å². The van der Waals surface area contributed by atoms with Crippen LogP contribution in [0.4, 0.5) is 5.69 Å². The molecule has 1 saturated heterocycles. The minimum atomic E-state index is -0.360. The third-order valence-electron chi connectivity index (χ3n) is 4.22. The van der Waals surface area contributed by atoms with Gasteiger partial charge in [-0.05, 0) is 36.8 Å². The highest BCUT2D eigenvalue weighted by Crippen LogP contribution is 2.31. The molecule has 6 heteroatoms.